The molecule has 0 saturated heterocycles. The summed E-state index contributed by atoms with van der Waals surface area (Å²) < 4.78 is 38.8. The van der Waals surface area contributed by atoms with Crippen molar-refractivity contribution in [3.63, 3.8) is 0 Å². The average Bonchev–Trinajstić information content (AvgIpc) is 2.57. The summed E-state index contributed by atoms with van der Waals surface area (Å²) in [5.74, 6) is 0.0193. The van der Waals surface area contributed by atoms with E-state index in [2.05, 4.69) is 4.98 Å². The van der Waals surface area contributed by atoms with Crippen LogP contribution in [0.15, 0.2) is 36.5 Å². The van der Waals surface area contributed by atoms with Gasteiger partial charge in [-0.05, 0) is 30.3 Å². The Hall–Kier alpha value is -2.57. The zero-order valence-corrected chi connectivity index (χ0v) is 11.8. The van der Waals surface area contributed by atoms with Crippen molar-refractivity contribution in [2.45, 2.75) is 6.18 Å². The van der Waals surface area contributed by atoms with Crippen LogP contribution >= 0.6 is 0 Å². The first-order valence-electron chi connectivity index (χ1n) is 6.49. The Labute approximate surface area is 124 Å². The number of anilines is 3. The molecule has 0 spiro atoms. The Morgan fingerprint density at radius 2 is 1.77 bits per heavy atom. The summed E-state index contributed by atoms with van der Waals surface area (Å²) in [6.45, 7) is 0. The molecule has 2 heterocycles. The lowest BCUT2D eigenvalue weighted by Gasteiger charge is -2.22. The van der Waals surface area contributed by atoms with Crippen molar-refractivity contribution in [1.82, 2.24) is 4.98 Å². The third kappa shape index (κ3) is 2.09. The van der Waals surface area contributed by atoms with Crippen molar-refractivity contribution in [3.8, 4) is 0 Å². The highest BCUT2D eigenvalue weighted by Gasteiger charge is 2.34. The van der Waals surface area contributed by atoms with Gasteiger partial charge >= 0.3 is 6.18 Å². The molecule has 114 valence electrons. The van der Waals surface area contributed by atoms with Crippen molar-refractivity contribution in [2.24, 2.45) is 0 Å². The van der Waals surface area contributed by atoms with E-state index in [1.54, 1.807) is 19.2 Å². The fourth-order valence-corrected chi connectivity index (χ4v) is 2.49. The number of alkyl halides is 3. The standard InChI is InChI=1S/C15H12F3N3O/c1-20-12-8-9(15(16,17)18)5-6-11(12)21(2)14(22)10-4-3-7-19-13(10)20/h3-8H,1-2H3. The first-order valence-corrected chi connectivity index (χ1v) is 6.49. The third-order valence-corrected chi connectivity index (χ3v) is 3.66. The maximum absolute atomic E-state index is 12.9. The molecule has 0 N–H and O–H groups in total. The minimum Gasteiger partial charge on any atom is -0.327 e. The largest absolute Gasteiger partial charge is 0.416 e. The molecular formula is C15H12F3N3O. The second-order valence-corrected chi connectivity index (χ2v) is 5.00. The van der Waals surface area contributed by atoms with Crippen molar-refractivity contribution in [3.05, 3.63) is 47.7 Å². The van der Waals surface area contributed by atoms with Crippen LogP contribution in [0.2, 0.25) is 0 Å². The second kappa shape index (κ2) is 4.72. The van der Waals surface area contributed by atoms with Gasteiger partial charge < -0.3 is 9.80 Å². The summed E-state index contributed by atoms with van der Waals surface area (Å²) in [5.41, 5.74) is 0.261. The molecule has 1 aliphatic rings. The number of aromatic nitrogens is 1. The van der Waals surface area contributed by atoms with Crippen LogP contribution in [-0.2, 0) is 6.18 Å². The van der Waals surface area contributed by atoms with E-state index in [1.807, 2.05) is 0 Å². The Kier molecular flexibility index (Phi) is 3.09. The van der Waals surface area contributed by atoms with E-state index in [1.165, 1.54) is 29.1 Å². The number of halogens is 3. The van der Waals surface area contributed by atoms with Gasteiger partial charge in [-0.3, -0.25) is 4.79 Å². The first kappa shape index (κ1) is 14.4. The minimum atomic E-state index is -4.45. The summed E-state index contributed by atoms with van der Waals surface area (Å²) >= 11 is 0. The number of hydrogen-bond donors (Lipinski definition) is 0. The molecule has 1 aromatic heterocycles. The van der Waals surface area contributed by atoms with Crippen LogP contribution in [0.5, 0.6) is 0 Å². The zero-order chi connectivity index (χ0) is 16.1. The number of amides is 1. The van der Waals surface area contributed by atoms with Gasteiger partial charge in [0.1, 0.15) is 5.82 Å². The molecular weight excluding hydrogens is 295 g/mol. The smallest absolute Gasteiger partial charge is 0.327 e. The molecule has 0 aliphatic carbocycles. The number of carbonyl (C=O) groups excluding carboxylic acids is 1. The summed E-state index contributed by atoms with van der Waals surface area (Å²) in [6.07, 6.45) is -2.95. The van der Waals surface area contributed by atoms with Crippen LogP contribution in [-0.4, -0.2) is 25.0 Å². The summed E-state index contributed by atoms with van der Waals surface area (Å²) in [6, 6.07) is 6.53. The zero-order valence-electron chi connectivity index (χ0n) is 11.8. The Bertz CT molecular complexity index is 758. The van der Waals surface area contributed by atoms with Gasteiger partial charge in [0, 0.05) is 20.3 Å². The Morgan fingerprint density at radius 1 is 1.05 bits per heavy atom. The third-order valence-electron chi connectivity index (χ3n) is 3.66. The predicted molar refractivity (Wildman–Crippen MR) is 76.5 cm³/mol. The lowest BCUT2D eigenvalue weighted by atomic mass is 10.1. The summed E-state index contributed by atoms with van der Waals surface area (Å²) in [5, 5.41) is 0. The summed E-state index contributed by atoms with van der Waals surface area (Å²) in [4.78, 5) is 19.4. The normalized spacial score (nSPS) is 14.5. The van der Waals surface area contributed by atoms with Crippen molar-refractivity contribution in [1.29, 1.82) is 0 Å². The van der Waals surface area contributed by atoms with E-state index in [9.17, 15) is 18.0 Å². The van der Waals surface area contributed by atoms with E-state index < -0.39 is 11.7 Å². The van der Waals surface area contributed by atoms with Crippen LogP contribution in [0, 0.1) is 0 Å². The topological polar surface area (TPSA) is 36.4 Å². The van der Waals surface area contributed by atoms with Crippen LogP contribution in [0.3, 0.4) is 0 Å². The van der Waals surface area contributed by atoms with Crippen LogP contribution in [0.25, 0.3) is 0 Å². The molecule has 0 saturated carbocycles. The van der Waals surface area contributed by atoms with Gasteiger partial charge in [-0.2, -0.15) is 13.2 Å². The lowest BCUT2D eigenvalue weighted by Crippen LogP contribution is -2.25. The van der Waals surface area contributed by atoms with Crippen LogP contribution in [0.4, 0.5) is 30.4 Å². The van der Waals surface area contributed by atoms with Crippen molar-refractivity contribution in [2.75, 3.05) is 23.9 Å². The molecule has 0 radical (unpaired) electrons. The number of hydrogen-bond acceptors (Lipinski definition) is 3. The molecule has 0 fully saturated rings. The number of rotatable bonds is 0. The number of carbonyl (C=O) groups is 1. The van der Waals surface area contributed by atoms with Gasteiger partial charge in [-0.15, -0.1) is 0 Å². The molecule has 2 aromatic rings. The van der Waals surface area contributed by atoms with Gasteiger partial charge in [-0.1, -0.05) is 0 Å². The molecule has 0 bridgehead atoms. The first-order chi connectivity index (χ1) is 10.3. The lowest BCUT2D eigenvalue weighted by molar-refractivity contribution is -0.137. The predicted octanol–water partition coefficient (Wildman–Crippen LogP) is 3.46. The average molecular weight is 307 g/mol. The van der Waals surface area contributed by atoms with Crippen molar-refractivity contribution >= 4 is 23.1 Å². The SMILES string of the molecule is CN1C(=O)c2cccnc2N(C)c2cc(C(F)(F)F)ccc21. The van der Waals surface area contributed by atoms with Crippen molar-refractivity contribution < 1.29 is 18.0 Å². The molecule has 7 heteroatoms. The maximum Gasteiger partial charge on any atom is 0.416 e. The molecule has 3 rings (SSSR count). The fourth-order valence-electron chi connectivity index (χ4n) is 2.49. The van der Waals surface area contributed by atoms with E-state index in [-0.39, 0.29) is 11.6 Å². The fraction of sp³-hybridized carbons (Fsp3) is 0.200. The molecule has 1 aliphatic heterocycles. The van der Waals surface area contributed by atoms with Gasteiger partial charge in [0.2, 0.25) is 0 Å². The van der Waals surface area contributed by atoms with E-state index in [4.69, 9.17) is 0 Å². The maximum atomic E-state index is 12.9. The summed E-state index contributed by atoms with van der Waals surface area (Å²) in [7, 11) is 3.13. The van der Waals surface area contributed by atoms with Crippen LogP contribution in [0.1, 0.15) is 15.9 Å². The highest BCUT2D eigenvalue weighted by atomic mass is 19.4. The number of pyridine rings is 1. The Morgan fingerprint density at radius 3 is 2.45 bits per heavy atom. The van der Waals surface area contributed by atoms with Crippen LogP contribution < -0.4 is 9.80 Å². The number of benzene rings is 1. The molecule has 4 nitrogen and oxygen atoms in total. The quantitative estimate of drug-likeness (QED) is 0.748. The minimum absolute atomic E-state index is 0.281. The van der Waals surface area contributed by atoms with Gasteiger partial charge in [-0.25, -0.2) is 4.98 Å². The molecule has 1 aromatic carbocycles. The molecule has 22 heavy (non-hydrogen) atoms. The van der Waals surface area contributed by atoms with E-state index >= 15 is 0 Å². The monoisotopic (exact) mass is 307 g/mol. The second-order valence-electron chi connectivity index (χ2n) is 5.00. The van der Waals surface area contributed by atoms with E-state index in [0.29, 0.717) is 17.1 Å². The molecule has 1 amide bonds. The highest BCUT2D eigenvalue weighted by Crippen LogP contribution is 2.41. The number of fused-ring (bicyclic) bond motifs is 2. The molecule has 0 unspecified atom stereocenters. The van der Waals surface area contributed by atoms with Gasteiger partial charge in [0.25, 0.3) is 5.91 Å². The molecule has 0 atom stereocenters. The van der Waals surface area contributed by atoms with Gasteiger partial charge in [0.05, 0.1) is 22.5 Å². The Balaban J connectivity index is 2.26. The highest BCUT2D eigenvalue weighted by molar-refractivity contribution is 6.12. The van der Waals surface area contributed by atoms with E-state index in [0.717, 1.165) is 12.1 Å². The van der Waals surface area contributed by atoms with Gasteiger partial charge in [0.15, 0.2) is 0 Å². The number of nitrogens with zero attached hydrogens (tertiary/aromatic N) is 3.